The maximum Gasteiger partial charge on any atom is 0.319 e. The normalized spacial score (nSPS) is 11.2. The number of aliphatic hydroxyl groups is 1. The Bertz CT molecular complexity index is 420. The first-order valence-electron chi connectivity index (χ1n) is 6.45. The van der Waals surface area contributed by atoms with Crippen molar-refractivity contribution in [2.24, 2.45) is 0 Å². The van der Waals surface area contributed by atoms with Crippen molar-refractivity contribution in [2.75, 3.05) is 18.1 Å². The number of para-hydroxylation sites is 1. The minimum absolute atomic E-state index is 0.257. The number of hydrogen-bond acceptors (Lipinski definition) is 3. The van der Waals surface area contributed by atoms with Crippen molar-refractivity contribution in [3.63, 3.8) is 0 Å². The van der Waals surface area contributed by atoms with Crippen molar-refractivity contribution in [1.82, 2.24) is 5.32 Å². The van der Waals surface area contributed by atoms with Gasteiger partial charge in [-0.1, -0.05) is 26.0 Å². The third-order valence-corrected chi connectivity index (χ3v) is 4.05. The summed E-state index contributed by atoms with van der Waals surface area (Å²) in [6, 6.07) is 7.33. The zero-order chi connectivity index (χ0) is 14.3. The summed E-state index contributed by atoms with van der Waals surface area (Å²) in [5.74, 6) is 0. The van der Waals surface area contributed by atoms with Gasteiger partial charge in [-0.25, -0.2) is 4.79 Å². The van der Waals surface area contributed by atoms with Crippen molar-refractivity contribution >= 4 is 23.5 Å². The van der Waals surface area contributed by atoms with E-state index in [0.717, 1.165) is 10.6 Å². The molecular weight excluding hydrogens is 260 g/mol. The monoisotopic (exact) mass is 282 g/mol. The van der Waals surface area contributed by atoms with E-state index >= 15 is 0 Å². The molecule has 1 aromatic rings. The summed E-state index contributed by atoms with van der Waals surface area (Å²) in [5.41, 5.74) is -0.0415. The van der Waals surface area contributed by atoms with Crippen LogP contribution in [0.3, 0.4) is 0 Å². The molecule has 0 unspecified atom stereocenters. The molecule has 0 atom stereocenters. The second-order valence-corrected chi connectivity index (χ2v) is 5.29. The predicted octanol–water partition coefficient (Wildman–Crippen LogP) is 3.08. The van der Waals surface area contributed by atoms with Gasteiger partial charge >= 0.3 is 6.03 Å². The van der Waals surface area contributed by atoms with E-state index in [4.69, 9.17) is 0 Å². The first kappa shape index (κ1) is 15.9. The van der Waals surface area contributed by atoms with Gasteiger partial charge in [0, 0.05) is 11.4 Å². The minimum Gasteiger partial charge on any atom is -0.388 e. The Hall–Kier alpha value is -1.20. The molecule has 2 amide bonds. The van der Waals surface area contributed by atoms with Crippen LogP contribution in [-0.4, -0.2) is 29.5 Å². The highest BCUT2D eigenvalue weighted by Crippen LogP contribution is 2.24. The molecule has 3 N–H and O–H groups in total. The van der Waals surface area contributed by atoms with E-state index in [1.54, 1.807) is 11.8 Å². The molecule has 0 fully saturated rings. The van der Waals surface area contributed by atoms with Crippen LogP contribution in [0.4, 0.5) is 10.5 Å². The number of carbonyl (C=O) groups is 1. The lowest BCUT2D eigenvalue weighted by Gasteiger charge is -2.25. The van der Waals surface area contributed by atoms with E-state index in [9.17, 15) is 9.90 Å². The average molecular weight is 282 g/mol. The minimum atomic E-state index is -0.823. The number of rotatable bonds is 6. The van der Waals surface area contributed by atoms with Gasteiger partial charge in [-0.05, 0) is 31.2 Å². The van der Waals surface area contributed by atoms with Crippen LogP contribution in [-0.2, 0) is 0 Å². The van der Waals surface area contributed by atoms with Gasteiger partial charge in [0.2, 0.25) is 0 Å². The van der Waals surface area contributed by atoms with E-state index in [0.29, 0.717) is 12.8 Å². The molecule has 0 aliphatic carbocycles. The number of benzene rings is 1. The molecule has 0 heterocycles. The topological polar surface area (TPSA) is 61.4 Å². The molecule has 0 aliphatic rings. The number of amides is 2. The molecule has 0 bridgehead atoms. The summed E-state index contributed by atoms with van der Waals surface area (Å²) in [4.78, 5) is 12.8. The van der Waals surface area contributed by atoms with Gasteiger partial charge in [-0.2, -0.15) is 0 Å². The highest BCUT2D eigenvalue weighted by molar-refractivity contribution is 7.98. The van der Waals surface area contributed by atoms with Gasteiger partial charge < -0.3 is 15.7 Å². The third kappa shape index (κ3) is 4.76. The number of anilines is 1. The van der Waals surface area contributed by atoms with Crippen LogP contribution in [0.1, 0.15) is 26.7 Å². The molecular formula is C14H22N2O2S. The van der Waals surface area contributed by atoms with Gasteiger partial charge in [0.25, 0.3) is 0 Å². The van der Waals surface area contributed by atoms with Crippen LogP contribution in [0.15, 0.2) is 29.2 Å². The number of thioether (sulfide) groups is 1. The Kier molecular flexibility index (Phi) is 6.18. The number of carbonyl (C=O) groups excluding carboxylic acids is 1. The lowest BCUT2D eigenvalue weighted by Crippen LogP contribution is -2.43. The Morgan fingerprint density at radius 2 is 1.95 bits per heavy atom. The molecule has 1 rings (SSSR count). The Balaban J connectivity index is 2.56. The van der Waals surface area contributed by atoms with E-state index in [1.807, 2.05) is 44.4 Å². The summed E-state index contributed by atoms with van der Waals surface area (Å²) in [7, 11) is 0. The molecule has 0 radical (unpaired) electrons. The number of hydrogen-bond donors (Lipinski definition) is 3. The number of urea groups is 1. The van der Waals surface area contributed by atoms with E-state index < -0.39 is 5.60 Å². The van der Waals surface area contributed by atoms with Crippen LogP contribution >= 0.6 is 11.8 Å². The van der Waals surface area contributed by atoms with Gasteiger partial charge in [-0.3, -0.25) is 0 Å². The molecule has 0 saturated carbocycles. The van der Waals surface area contributed by atoms with Crippen molar-refractivity contribution < 1.29 is 9.90 Å². The SMILES string of the molecule is CCC(O)(CC)CNC(=O)Nc1ccccc1SC. The maximum absolute atomic E-state index is 11.8. The van der Waals surface area contributed by atoms with Crippen LogP contribution in [0.25, 0.3) is 0 Å². The Labute approximate surface area is 119 Å². The fraction of sp³-hybridized carbons (Fsp3) is 0.500. The highest BCUT2D eigenvalue weighted by Gasteiger charge is 2.22. The quantitative estimate of drug-likeness (QED) is 0.703. The first-order chi connectivity index (χ1) is 9.04. The van der Waals surface area contributed by atoms with Crippen molar-refractivity contribution in [3.05, 3.63) is 24.3 Å². The molecule has 106 valence electrons. The van der Waals surface area contributed by atoms with Crippen LogP contribution in [0.5, 0.6) is 0 Å². The van der Waals surface area contributed by atoms with Crippen LogP contribution in [0.2, 0.25) is 0 Å². The largest absolute Gasteiger partial charge is 0.388 e. The smallest absolute Gasteiger partial charge is 0.319 e. The van der Waals surface area contributed by atoms with Gasteiger partial charge in [-0.15, -0.1) is 11.8 Å². The summed E-state index contributed by atoms with van der Waals surface area (Å²) < 4.78 is 0. The van der Waals surface area contributed by atoms with E-state index in [-0.39, 0.29) is 12.6 Å². The second kappa shape index (κ2) is 7.40. The Morgan fingerprint density at radius 3 is 2.53 bits per heavy atom. The average Bonchev–Trinajstić information content (AvgIpc) is 2.45. The lowest BCUT2D eigenvalue weighted by atomic mass is 9.98. The molecule has 0 aliphatic heterocycles. The molecule has 0 spiro atoms. The molecule has 0 aromatic heterocycles. The molecule has 5 heteroatoms. The van der Waals surface area contributed by atoms with Crippen LogP contribution in [0, 0.1) is 0 Å². The molecule has 1 aromatic carbocycles. The number of nitrogens with one attached hydrogen (secondary N) is 2. The van der Waals surface area contributed by atoms with E-state index in [1.165, 1.54) is 0 Å². The standard InChI is InChI=1S/C14H22N2O2S/c1-4-14(18,5-2)10-15-13(17)16-11-8-6-7-9-12(11)19-3/h6-9,18H,4-5,10H2,1-3H3,(H2,15,16,17). The maximum atomic E-state index is 11.8. The van der Waals surface area contributed by atoms with E-state index in [2.05, 4.69) is 10.6 Å². The van der Waals surface area contributed by atoms with Crippen molar-refractivity contribution in [1.29, 1.82) is 0 Å². The zero-order valence-corrected chi connectivity index (χ0v) is 12.5. The lowest BCUT2D eigenvalue weighted by molar-refractivity contribution is 0.0354. The summed E-state index contributed by atoms with van der Waals surface area (Å²) >= 11 is 1.58. The van der Waals surface area contributed by atoms with Crippen molar-refractivity contribution in [2.45, 2.75) is 37.2 Å². The molecule has 0 saturated heterocycles. The second-order valence-electron chi connectivity index (χ2n) is 4.44. The van der Waals surface area contributed by atoms with Crippen molar-refractivity contribution in [3.8, 4) is 0 Å². The fourth-order valence-corrected chi connectivity index (χ4v) is 2.21. The van der Waals surface area contributed by atoms with Gasteiger partial charge in [0.15, 0.2) is 0 Å². The predicted molar refractivity (Wildman–Crippen MR) is 80.8 cm³/mol. The van der Waals surface area contributed by atoms with Crippen LogP contribution < -0.4 is 10.6 Å². The first-order valence-corrected chi connectivity index (χ1v) is 7.67. The van der Waals surface area contributed by atoms with Gasteiger partial charge in [0.05, 0.1) is 11.3 Å². The highest BCUT2D eigenvalue weighted by atomic mass is 32.2. The summed E-state index contributed by atoms with van der Waals surface area (Å²) in [6.07, 6.45) is 3.20. The fourth-order valence-electron chi connectivity index (χ4n) is 1.66. The zero-order valence-electron chi connectivity index (χ0n) is 11.7. The molecule has 4 nitrogen and oxygen atoms in total. The third-order valence-electron chi connectivity index (χ3n) is 3.25. The summed E-state index contributed by atoms with van der Waals surface area (Å²) in [6.45, 7) is 4.07. The Morgan fingerprint density at radius 1 is 1.32 bits per heavy atom. The summed E-state index contributed by atoms with van der Waals surface area (Å²) in [5, 5.41) is 15.6. The molecule has 19 heavy (non-hydrogen) atoms. The van der Waals surface area contributed by atoms with Gasteiger partial charge in [0.1, 0.15) is 0 Å².